The van der Waals surface area contributed by atoms with Gasteiger partial charge in [-0.1, -0.05) is 19.9 Å². The van der Waals surface area contributed by atoms with Gasteiger partial charge < -0.3 is 15.3 Å². The number of β-amino-alcohol motifs (C(OH)–C–C–N with tert-alkyl or cyclic N) is 1. The van der Waals surface area contributed by atoms with Crippen LogP contribution in [0.2, 0.25) is 0 Å². The lowest BCUT2D eigenvalue weighted by molar-refractivity contribution is 0.0575. The first-order chi connectivity index (χ1) is 12.0. The molecule has 0 spiro atoms. The van der Waals surface area contributed by atoms with Crippen LogP contribution in [0.4, 0.5) is 5.82 Å². The quantitative estimate of drug-likeness (QED) is 0.853. The van der Waals surface area contributed by atoms with Gasteiger partial charge in [-0.3, -0.25) is 4.79 Å². The molecule has 25 heavy (non-hydrogen) atoms. The van der Waals surface area contributed by atoms with Gasteiger partial charge in [0.2, 0.25) is 0 Å². The normalized spacial score (nSPS) is 20.1. The van der Waals surface area contributed by atoms with Crippen molar-refractivity contribution in [1.82, 2.24) is 20.3 Å². The number of hydrogen-bond donors (Lipinski definition) is 2. The molecule has 1 aliphatic heterocycles. The molecule has 1 aliphatic rings. The summed E-state index contributed by atoms with van der Waals surface area (Å²) in [7, 11) is 0. The van der Waals surface area contributed by atoms with Crippen molar-refractivity contribution in [2.75, 3.05) is 24.5 Å². The number of nitrogens with one attached hydrogen (secondary N) is 1. The second-order valence-electron chi connectivity index (χ2n) is 6.75. The van der Waals surface area contributed by atoms with Gasteiger partial charge in [-0.25, -0.2) is 15.0 Å². The number of anilines is 1. The van der Waals surface area contributed by atoms with Gasteiger partial charge in [0, 0.05) is 44.1 Å². The minimum atomic E-state index is -0.966. The van der Waals surface area contributed by atoms with E-state index in [0.29, 0.717) is 30.9 Å². The van der Waals surface area contributed by atoms with Crippen LogP contribution in [0.25, 0.3) is 0 Å². The van der Waals surface area contributed by atoms with Gasteiger partial charge in [0.05, 0.1) is 5.56 Å². The SMILES string of the molecule is CC(C)c1ncc(C(=O)NC[C@@]2(O)CCN(c3ccccn3)C2)cn1. The van der Waals surface area contributed by atoms with Crippen LogP contribution in [0.1, 0.15) is 42.4 Å². The van der Waals surface area contributed by atoms with Crippen LogP contribution in [0.5, 0.6) is 0 Å². The third-order valence-corrected chi connectivity index (χ3v) is 4.33. The van der Waals surface area contributed by atoms with E-state index in [9.17, 15) is 9.90 Å². The summed E-state index contributed by atoms with van der Waals surface area (Å²) in [6, 6.07) is 5.69. The van der Waals surface area contributed by atoms with Crippen molar-refractivity contribution in [3.8, 4) is 0 Å². The first-order valence-electron chi connectivity index (χ1n) is 8.45. The summed E-state index contributed by atoms with van der Waals surface area (Å²) < 4.78 is 0. The van der Waals surface area contributed by atoms with Gasteiger partial charge in [0.15, 0.2) is 0 Å². The summed E-state index contributed by atoms with van der Waals surface area (Å²) in [6.07, 6.45) is 5.36. The fourth-order valence-electron chi connectivity index (χ4n) is 2.84. The zero-order valence-corrected chi connectivity index (χ0v) is 14.5. The predicted octanol–water partition coefficient (Wildman–Crippen LogP) is 1.37. The van der Waals surface area contributed by atoms with Gasteiger partial charge in [0.25, 0.3) is 5.91 Å². The molecule has 0 aromatic carbocycles. The highest BCUT2D eigenvalue weighted by Gasteiger charge is 2.37. The number of aromatic nitrogens is 3. The second kappa shape index (κ2) is 7.14. The maximum atomic E-state index is 12.2. The Morgan fingerprint density at radius 1 is 1.32 bits per heavy atom. The summed E-state index contributed by atoms with van der Waals surface area (Å²) in [4.78, 5) is 27.0. The molecule has 2 aromatic rings. The van der Waals surface area contributed by atoms with Crippen molar-refractivity contribution >= 4 is 11.7 Å². The molecule has 7 nitrogen and oxygen atoms in total. The van der Waals surface area contributed by atoms with Crippen LogP contribution < -0.4 is 10.2 Å². The lowest BCUT2D eigenvalue weighted by Crippen LogP contribution is -2.45. The summed E-state index contributed by atoms with van der Waals surface area (Å²) in [5.74, 6) is 1.48. The van der Waals surface area contributed by atoms with Crippen molar-refractivity contribution < 1.29 is 9.90 Å². The van der Waals surface area contributed by atoms with Crippen molar-refractivity contribution in [1.29, 1.82) is 0 Å². The van der Waals surface area contributed by atoms with Crippen molar-refractivity contribution in [3.63, 3.8) is 0 Å². The first kappa shape index (κ1) is 17.3. The van der Waals surface area contributed by atoms with E-state index in [2.05, 4.69) is 20.3 Å². The number of carbonyl (C=O) groups excluding carboxylic acids is 1. The van der Waals surface area contributed by atoms with Crippen LogP contribution in [-0.4, -0.2) is 51.2 Å². The molecule has 1 atom stereocenters. The Morgan fingerprint density at radius 3 is 2.72 bits per heavy atom. The Hall–Kier alpha value is -2.54. The molecule has 3 rings (SSSR count). The zero-order valence-electron chi connectivity index (χ0n) is 14.5. The average Bonchev–Trinajstić information content (AvgIpc) is 3.03. The van der Waals surface area contributed by atoms with E-state index in [1.54, 1.807) is 6.20 Å². The highest BCUT2D eigenvalue weighted by molar-refractivity contribution is 5.93. The Morgan fingerprint density at radius 2 is 2.08 bits per heavy atom. The standard InChI is InChI=1S/C18H23N5O2/c1-13(2)16-20-9-14(10-21-16)17(24)22-11-18(25)6-8-23(12-18)15-5-3-4-7-19-15/h3-5,7,9-10,13,25H,6,8,11-12H2,1-2H3,(H,22,24)/t18-/m0/s1. The van der Waals surface area contributed by atoms with E-state index in [-0.39, 0.29) is 18.4 Å². The van der Waals surface area contributed by atoms with Gasteiger partial charge >= 0.3 is 0 Å². The Labute approximate surface area is 147 Å². The van der Waals surface area contributed by atoms with E-state index >= 15 is 0 Å². The maximum Gasteiger partial charge on any atom is 0.254 e. The zero-order chi connectivity index (χ0) is 17.9. The molecular weight excluding hydrogens is 318 g/mol. The number of pyridine rings is 1. The minimum absolute atomic E-state index is 0.182. The number of hydrogen-bond acceptors (Lipinski definition) is 6. The molecule has 7 heteroatoms. The molecule has 132 valence electrons. The smallest absolute Gasteiger partial charge is 0.254 e. The fraction of sp³-hybridized carbons (Fsp3) is 0.444. The van der Waals surface area contributed by atoms with Crippen LogP contribution >= 0.6 is 0 Å². The predicted molar refractivity (Wildman–Crippen MR) is 94.5 cm³/mol. The highest BCUT2D eigenvalue weighted by atomic mass is 16.3. The van der Waals surface area contributed by atoms with Crippen molar-refractivity contribution in [2.45, 2.75) is 31.8 Å². The number of rotatable bonds is 5. The fourth-order valence-corrected chi connectivity index (χ4v) is 2.84. The summed E-state index contributed by atoms with van der Waals surface area (Å²) in [5.41, 5.74) is -0.570. The van der Waals surface area contributed by atoms with Crippen LogP contribution in [-0.2, 0) is 0 Å². The molecule has 0 unspecified atom stereocenters. The molecule has 0 saturated carbocycles. The molecule has 1 saturated heterocycles. The highest BCUT2D eigenvalue weighted by Crippen LogP contribution is 2.24. The molecule has 1 fully saturated rings. The lowest BCUT2D eigenvalue weighted by Gasteiger charge is -2.24. The third kappa shape index (κ3) is 4.11. The first-order valence-corrected chi connectivity index (χ1v) is 8.45. The number of carbonyl (C=O) groups is 1. The molecule has 2 aromatic heterocycles. The summed E-state index contributed by atoms with van der Waals surface area (Å²) in [6.45, 7) is 5.32. The minimum Gasteiger partial charge on any atom is -0.386 e. The Balaban J connectivity index is 1.56. The average molecular weight is 341 g/mol. The van der Waals surface area contributed by atoms with E-state index in [1.807, 2.05) is 36.9 Å². The topological polar surface area (TPSA) is 91.2 Å². The number of nitrogens with zero attached hydrogens (tertiary/aromatic N) is 4. The monoisotopic (exact) mass is 341 g/mol. The lowest BCUT2D eigenvalue weighted by atomic mass is 10.0. The van der Waals surface area contributed by atoms with Crippen LogP contribution in [0.3, 0.4) is 0 Å². The van der Waals surface area contributed by atoms with Gasteiger partial charge in [-0.15, -0.1) is 0 Å². The Kier molecular flexibility index (Phi) is 4.94. The van der Waals surface area contributed by atoms with Crippen molar-refractivity contribution in [2.24, 2.45) is 0 Å². The molecule has 0 radical (unpaired) electrons. The number of amides is 1. The van der Waals surface area contributed by atoms with Gasteiger partial charge in [-0.05, 0) is 18.6 Å². The largest absolute Gasteiger partial charge is 0.386 e. The number of aliphatic hydroxyl groups is 1. The maximum absolute atomic E-state index is 12.2. The van der Waals surface area contributed by atoms with Gasteiger partial charge in [0.1, 0.15) is 17.2 Å². The van der Waals surface area contributed by atoms with Crippen LogP contribution in [0, 0.1) is 0 Å². The molecule has 1 amide bonds. The second-order valence-corrected chi connectivity index (χ2v) is 6.75. The van der Waals surface area contributed by atoms with Gasteiger partial charge in [-0.2, -0.15) is 0 Å². The van der Waals surface area contributed by atoms with Crippen molar-refractivity contribution in [3.05, 3.63) is 48.2 Å². The Bertz CT molecular complexity index is 720. The summed E-state index contributed by atoms with van der Waals surface area (Å²) in [5, 5.41) is 13.5. The van der Waals surface area contributed by atoms with E-state index < -0.39 is 5.60 Å². The molecule has 3 heterocycles. The summed E-state index contributed by atoms with van der Waals surface area (Å²) >= 11 is 0. The van der Waals surface area contributed by atoms with E-state index in [0.717, 1.165) is 5.82 Å². The molecule has 2 N–H and O–H groups in total. The molecular formula is C18H23N5O2. The third-order valence-electron chi connectivity index (χ3n) is 4.33. The van der Waals surface area contributed by atoms with E-state index in [4.69, 9.17) is 0 Å². The molecule has 0 bridgehead atoms. The van der Waals surface area contributed by atoms with Crippen LogP contribution in [0.15, 0.2) is 36.8 Å². The molecule has 0 aliphatic carbocycles. The van der Waals surface area contributed by atoms with E-state index in [1.165, 1.54) is 12.4 Å².